The third-order valence-corrected chi connectivity index (χ3v) is 4.35. The first-order valence-corrected chi connectivity index (χ1v) is 8.27. The van der Waals surface area contributed by atoms with Crippen molar-refractivity contribution in [3.8, 4) is 11.5 Å². The number of nitrogens with one attached hydrogen (secondary N) is 2. The second kappa shape index (κ2) is 7.47. The summed E-state index contributed by atoms with van der Waals surface area (Å²) in [5.74, 6) is 0.419. The molecule has 2 N–H and O–H groups in total. The first-order valence-electron chi connectivity index (χ1n) is 7.51. The molecular weight excluding hydrogens is 370 g/mol. The average Bonchev–Trinajstić information content (AvgIpc) is 3.03. The Kier molecular flexibility index (Phi) is 5.32. The molecule has 0 bridgehead atoms. The van der Waals surface area contributed by atoms with E-state index >= 15 is 0 Å². The molecule has 0 aromatic heterocycles. The number of ether oxygens (including phenoxy) is 2. The van der Waals surface area contributed by atoms with E-state index in [1.165, 1.54) is 12.1 Å². The number of carbonyl (C=O) groups is 1. The summed E-state index contributed by atoms with van der Waals surface area (Å²) in [6.45, 7) is 1.98. The van der Waals surface area contributed by atoms with E-state index in [9.17, 15) is 9.18 Å². The minimum Gasteiger partial charge on any atom is -0.454 e. The van der Waals surface area contributed by atoms with Crippen LogP contribution in [0.1, 0.15) is 18.5 Å². The molecule has 2 aromatic carbocycles. The Morgan fingerprint density at radius 2 is 1.96 bits per heavy atom. The zero-order valence-corrected chi connectivity index (χ0v) is 14.7. The molecule has 0 saturated heterocycles. The van der Waals surface area contributed by atoms with E-state index in [1.54, 1.807) is 25.1 Å². The summed E-state index contributed by atoms with van der Waals surface area (Å²) in [4.78, 5) is 12.1. The first kappa shape index (κ1) is 17.8. The number of anilines is 1. The Balaban J connectivity index is 1.58. The third-order valence-electron chi connectivity index (χ3n) is 3.73. The molecule has 0 radical (unpaired) electrons. The highest BCUT2D eigenvalue weighted by Gasteiger charge is 2.16. The fourth-order valence-electron chi connectivity index (χ4n) is 2.41. The minimum atomic E-state index is -0.556. The molecule has 0 fully saturated rings. The molecule has 1 atom stereocenters. The number of halogens is 3. The predicted octanol–water partition coefficient (Wildman–Crippen LogP) is 4.15. The maximum absolute atomic E-state index is 13.6. The summed E-state index contributed by atoms with van der Waals surface area (Å²) in [6, 6.07) is 7.41. The zero-order chi connectivity index (χ0) is 18.0. The molecule has 1 amide bonds. The second-order valence-corrected chi connectivity index (χ2v) is 6.32. The quantitative estimate of drug-likeness (QED) is 0.760. The Bertz CT molecular complexity index is 817. The molecule has 0 saturated carbocycles. The summed E-state index contributed by atoms with van der Waals surface area (Å²) in [7, 11) is 0. The Labute approximate surface area is 154 Å². The molecule has 1 heterocycles. The van der Waals surface area contributed by atoms with Crippen molar-refractivity contribution in [3.63, 3.8) is 0 Å². The van der Waals surface area contributed by atoms with Crippen molar-refractivity contribution in [2.45, 2.75) is 13.0 Å². The van der Waals surface area contributed by atoms with Gasteiger partial charge in [0.1, 0.15) is 5.82 Å². The SMILES string of the molecule is C[C@@H](NCC(=O)Nc1ccc2c(c1)OCO2)c1cc(F)c(Cl)cc1Cl. The van der Waals surface area contributed by atoms with Crippen LogP contribution in [0, 0.1) is 5.82 Å². The second-order valence-electron chi connectivity index (χ2n) is 5.51. The van der Waals surface area contributed by atoms with Gasteiger partial charge in [0.05, 0.1) is 11.6 Å². The molecule has 1 aliphatic rings. The summed E-state index contributed by atoms with van der Waals surface area (Å²) < 4.78 is 24.1. The number of carbonyl (C=O) groups excluding carboxylic acids is 1. The van der Waals surface area contributed by atoms with Crippen LogP contribution in [0.25, 0.3) is 0 Å². The number of hydrogen-bond acceptors (Lipinski definition) is 4. The van der Waals surface area contributed by atoms with Gasteiger partial charge in [-0.05, 0) is 36.8 Å². The van der Waals surface area contributed by atoms with Crippen molar-refractivity contribution in [2.75, 3.05) is 18.7 Å². The van der Waals surface area contributed by atoms with Gasteiger partial charge < -0.3 is 20.1 Å². The van der Waals surface area contributed by atoms with Crippen molar-refractivity contribution in [2.24, 2.45) is 0 Å². The summed E-state index contributed by atoms with van der Waals surface area (Å²) in [5, 5.41) is 6.04. The molecule has 8 heteroatoms. The van der Waals surface area contributed by atoms with Gasteiger partial charge in [-0.3, -0.25) is 4.79 Å². The van der Waals surface area contributed by atoms with E-state index in [4.69, 9.17) is 32.7 Å². The summed E-state index contributed by atoms with van der Waals surface area (Å²) >= 11 is 11.8. The first-order chi connectivity index (χ1) is 11.9. The van der Waals surface area contributed by atoms with Crippen LogP contribution in [0.3, 0.4) is 0 Å². The number of rotatable bonds is 5. The number of hydrogen-bond donors (Lipinski definition) is 2. The predicted molar refractivity (Wildman–Crippen MR) is 94.0 cm³/mol. The van der Waals surface area contributed by atoms with E-state index in [-0.39, 0.29) is 30.3 Å². The molecule has 0 unspecified atom stereocenters. The molecule has 5 nitrogen and oxygen atoms in total. The van der Waals surface area contributed by atoms with Gasteiger partial charge in [-0.15, -0.1) is 0 Å². The van der Waals surface area contributed by atoms with Crippen LogP contribution in [-0.2, 0) is 4.79 Å². The van der Waals surface area contributed by atoms with Gasteiger partial charge in [-0.1, -0.05) is 23.2 Å². The van der Waals surface area contributed by atoms with Crippen molar-refractivity contribution in [1.29, 1.82) is 0 Å². The molecule has 1 aliphatic heterocycles. The highest BCUT2D eigenvalue weighted by molar-refractivity contribution is 6.35. The smallest absolute Gasteiger partial charge is 0.238 e. The Morgan fingerprint density at radius 1 is 1.20 bits per heavy atom. The molecule has 3 rings (SSSR count). The number of benzene rings is 2. The van der Waals surface area contributed by atoms with E-state index in [2.05, 4.69) is 10.6 Å². The fourth-order valence-corrected chi connectivity index (χ4v) is 2.95. The van der Waals surface area contributed by atoms with Crippen LogP contribution >= 0.6 is 23.2 Å². The topological polar surface area (TPSA) is 59.6 Å². The van der Waals surface area contributed by atoms with E-state index in [0.717, 1.165) is 0 Å². The Hall–Kier alpha value is -2.02. The Morgan fingerprint density at radius 3 is 2.76 bits per heavy atom. The minimum absolute atomic E-state index is 0.0240. The van der Waals surface area contributed by atoms with Crippen LogP contribution in [0.4, 0.5) is 10.1 Å². The largest absolute Gasteiger partial charge is 0.454 e. The van der Waals surface area contributed by atoms with Gasteiger partial charge in [0.25, 0.3) is 0 Å². The summed E-state index contributed by atoms with van der Waals surface area (Å²) in [6.07, 6.45) is 0. The van der Waals surface area contributed by atoms with Crippen LogP contribution in [-0.4, -0.2) is 19.2 Å². The lowest BCUT2D eigenvalue weighted by atomic mass is 10.1. The molecule has 2 aromatic rings. The van der Waals surface area contributed by atoms with Crippen LogP contribution in [0.2, 0.25) is 10.0 Å². The van der Waals surface area contributed by atoms with Gasteiger partial charge in [0.2, 0.25) is 12.7 Å². The van der Waals surface area contributed by atoms with Crippen molar-refractivity contribution in [1.82, 2.24) is 5.32 Å². The third kappa shape index (κ3) is 4.15. The zero-order valence-electron chi connectivity index (χ0n) is 13.2. The molecule has 0 spiro atoms. The van der Waals surface area contributed by atoms with Gasteiger partial charge in [0, 0.05) is 22.8 Å². The molecule has 132 valence electrons. The van der Waals surface area contributed by atoms with E-state index in [0.29, 0.717) is 27.8 Å². The lowest BCUT2D eigenvalue weighted by molar-refractivity contribution is -0.115. The van der Waals surface area contributed by atoms with Crippen molar-refractivity contribution in [3.05, 3.63) is 51.8 Å². The lowest BCUT2D eigenvalue weighted by Crippen LogP contribution is -2.30. The monoisotopic (exact) mass is 384 g/mol. The fraction of sp³-hybridized carbons (Fsp3) is 0.235. The number of amides is 1. The summed E-state index contributed by atoms with van der Waals surface area (Å²) in [5.41, 5.74) is 1.12. The van der Waals surface area contributed by atoms with E-state index in [1.807, 2.05) is 0 Å². The maximum Gasteiger partial charge on any atom is 0.238 e. The maximum atomic E-state index is 13.6. The number of fused-ring (bicyclic) bond motifs is 1. The lowest BCUT2D eigenvalue weighted by Gasteiger charge is -2.16. The van der Waals surface area contributed by atoms with Gasteiger partial charge in [0.15, 0.2) is 11.5 Å². The average molecular weight is 385 g/mol. The van der Waals surface area contributed by atoms with Gasteiger partial charge in [-0.2, -0.15) is 0 Å². The highest BCUT2D eigenvalue weighted by Crippen LogP contribution is 2.34. The van der Waals surface area contributed by atoms with Crippen LogP contribution in [0.15, 0.2) is 30.3 Å². The van der Waals surface area contributed by atoms with Crippen molar-refractivity contribution < 1.29 is 18.7 Å². The standard InChI is InChI=1S/C17H15Cl2FN2O3/c1-9(11-5-14(20)13(19)6-12(11)18)21-7-17(23)22-10-2-3-15-16(4-10)25-8-24-15/h2-6,9,21H,7-8H2,1H3,(H,22,23)/t9-/m1/s1. The normalized spacial score (nSPS) is 13.6. The van der Waals surface area contributed by atoms with Crippen molar-refractivity contribution >= 4 is 34.8 Å². The highest BCUT2D eigenvalue weighted by atomic mass is 35.5. The van der Waals surface area contributed by atoms with Crippen LogP contribution < -0.4 is 20.1 Å². The molecular formula is C17H15Cl2FN2O3. The van der Waals surface area contributed by atoms with E-state index < -0.39 is 5.82 Å². The molecule has 25 heavy (non-hydrogen) atoms. The van der Waals surface area contributed by atoms with Gasteiger partial charge >= 0.3 is 0 Å². The van der Waals surface area contributed by atoms with Crippen LogP contribution in [0.5, 0.6) is 11.5 Å². The molecule has 0 aliphatic carbocycles. The van der Waals surface area contributed by atoms with Gasteiger partial charge in [-0.25, -0.2) is 4.39 Å².